The molecule has 0 aromatic carbocycles. The fourth-order valence-electron chi connectivity index (χ4n) is 0.547. The third-order valence-electron chi connectivity index (χ3n) is 0.899. The van der Waals surface area contributed by atoms with Crippen molar-refractivity contribution in [3.8, 4) is 5.88 Å². The summed E-state index contributed by atoms with van der Waals surface area (Å²) in [5.41, 5.74) is 0. The van der Waals surface area contributed by atoms with Gasteiger partial charge in [-0.05, 0) is 6.07 Å². The molecule has 0 fully saturated rings. The number of hydrogen-bond acceptors (Lipinski definition) is 2. The highest BCUT2D eigenvalue weighted by molar-refractivity contribution is 6.29. The number of pyridine rings is 1. The van der Waals surface area contributed by atoms with Crippen LogP contribution in [0, 0.1) is 0 Å². The van der Waals surface area contributed by atoms with E-state index in [9.17, 15) is 8.78 Å². The van der Waals surface area contributed by atoms with Gasteiger partial charge in [-0.2, -0.15) is 8.78 Å². The molecular formula is C8H10ClF2NO. The van der Waals surface area contributed by atoms with Gasteiger partial charge in [-0.1, -0.05) is 31.5 Å². The molecule has 0 aliphatic carbocycles. The molecule has 0 bridgehead atoms. The van der Waals surface area contributed by atoms with E-state index in [1.165, 1.54) is 18.2 Å². The van der Waals surface area contributed by atoms with Crippen LogP contribution < -0.4 is 4.74 Å². The predicted molar refractivity (Wildman–Crippen MR) is 47.2 cm³/mol. The predicted octanol–water partition coefficient (Wildman–Crippen LogP) is 3.36. The largest absolute Gasteiger partial charge is 0.417 e. The highest BCUT2D eigenvalue weighted by Gasteiger charge is 2.04. The van der Waals surface area contributed by atoms with Gasteiger partial charge in [-0.3, -0.25) is 0 Å². The third-order valence-corrected chi connectivity index (χ3v) is 1.11. The van der Waals surface area contributed by atoms with Crippen LogP contribution in [0.5, 0.6) is 5.88 Å². The molecule has 0 unspecified atom stereocenters. The van der Waals surface area contributed by atoms with Gasteiger partial charge in [0.2, 0.25) is 5.88 Å². The highest BCUT2D eigenvalue weighted by atomic mass is 35.5. The molecule has 1 heterocycles. The molecule has 1 aromatic rings. The zero-order valence-electron chi connectivity index (χ0n) is 7.30. The Morgan fingerprint density at radius 3 is 2.46 bits per heavy atom. The second-order valence-corrected chi connectivity index (χ2v) is 2.06. The SMILES string of the molecule is CC.FC(F)Oc1cccc(Cl)n1. The number of halogens is 3. The van der Waals surface area contributed by atoms with E-state index in [0.29, 0.717) is 0 Å². The van der Waals surface area contributed by atoms with E-state index in [0.717, 1.165) is 0 Å². The minimum absolute atomic E-state index is 0.128. The summed E-state index contributed by atoms with van der Waals surface area (Å²) in [5, 5.41) is 0.128. The van der Waals surface area contributed by atoms with Gasteiger partial charge in [-0.15, -0.1) is 0 Å². The fraction of sp³-hybridized carbons (Fsp3) is 0.375. The summed E-state index contributed by atoms with van der Waals surface area (Å²) in [5.74, 6) is -0.174. The average molecular weight is 210 g/mol. The number of ether oxygens (including phenoxy) is 1. The summed E-state index contributed by atoms with van der Waals surface area (Å²) in [6, 6.07) is 4.25. The number of nitrogens with zero attached hydrogens (tertiary/aromatic N) is 1. The minimum atomic E-state index is -2.86. The van der Waals surface area contributed by atoms with E-state index in [-0.39, 0.29) is 11.0 Å². The number of aromatic nitrogens is 1. The van der Waals surface area contributed by atoms with Crippen molar-refractivity contribution in [3.05, 3.63) is 23.4 Å². The van der Waals surface area contributed by atoms with Gasteiger partial charge in [-0.25, -0.2) is 4.98 Å². The molecule has 0 N–H and O–H groups in total. The van der Waals surface area contributed by atoms with E-state index in [1.807, 2.05) is 13.8 Å². The molecule has 0 saturated carbocycles. The Bertz CT molecular complexity index is 245. The fourth-order valence-corrected chi connectivity index (χ4v) is 0.703. The molecule has 0 saturated heterocycles. The van der Waals surface area contributed by atoms with Crippen molar-refractivity contribution in [3.63, 3.8) is 0 Å². The zero-order valence-corrected chi connectivity index (χ0v) is 8.05. The van der Waals surface area contributed by atoms with Crippen molar-refractivity contribution in [2.24, 2.45) is 0 Å². The van der Waals surface area contributed by atoms with E-state index < -0.39 is 6.61 Å². The normalized spacial score (nSPS) is 9.08. The van der Waals surface area contributed by atoms with Crippen molar-refractivity contribution in [2.45, 2.75) is 20.5 Å². The first-order valence-electron chi connectivity index (χ1n) is 3.76. The number of rotatable bonds is 2. The Hall–Kier alpha value is -0.900. The van der Waals surface area contributed by atoms with Gasteiger partial charge in [0.15, 0.2) is 0 Å². The smallest absolute Gasteiger partial charge is 0.388 e. The molecule has 0 radical (unpaired) electrons. The molecule has 0 spiro atoms. The molecule has 1 rings (SSSR count). The molecule has 0 aliphatic heterocycles. The quantitative estimate of drug-likeness (QED) is 0.697. The molecule has 5 heteroatoms. The van der Waals surface area contributed by atoms with E-state index in [1.54, 1.807) is 0 Å². The Kier molecular flexibility index (Phi) is 6.14. The van der Waals surface area contributed by atoms with Gasteiger partial charge < -0.3 is 4.74 Å². The molecule has 1 aromatic heterocycles. The maximum Gasteiger partial charge on any atom is 0.388 e. The highest BCUT2D eigenvalue weighted by Crippen LogP contribution is 2.13. The summed E-state index contributed by atoms with van der Waals surface area (Å²) in [6.45, 7) is 1.14. The lowest BCUT2D eigenvalue weighted by molar-refractivity contribution is -0.0528. The van der Waals surface area contributed by atoms with Crippen LogP contribution >= 0.6 is 11.6 Å². The van der Waals surface area contributed by atoms with E-state index in [4.69, 9.17) is 11.6 Å². The van der Waals surface area contributed by atoms with E-state index >= 15 is 0 Å². The third kappa shape index (κ3) is 5.36. The monoisotopic (exact) mass is 209 g/mol. The maximum atomic E-state index is 11.5. The molecule has 0 amide bonds. The van der Waals surface area contributed by atoms with Crippen molar-refractivity contribution in [1.29, 1.82) is 0 Å². The van der Waals surface area contributed by atoms with Gasteiger partial charge >= 0.3 is 6.61 Å². The topological polar surface area (TPSA) is 22.1 Å². The van der Waals surface area contributed by atoms with Crippen molar-refractivity contribution in [2.75, 3.05) is 0 Å². The van der Waals surface area contributed by atoms with Crippen molar-refractivity contribution >= 4 is 11.6 Å². The Morgan fingerprint density at radius 2 is 2.00 bits per heavy atom. The van der Waals surface area contributed by atoms with Crippen LogP contribution in [0.1, 0.15) is 13.8 Å². The number of alkyl halides is 2. The average Bonchev–Trinajstić information content (AvgIpc) is 2.06. The first-order chi connectivity index (χ1) is 6.18. The zero-order chi connectivity index (χ0) is 10.3. The summed E-state index contributed by atoms with van der Waals surface area (Å²) in [6.07, 6.45) is 0. The lowest BCUT2D eigenvalue weighted by Crippen LogP contribution is -2.03. The summed E-state index contributed by atoms with van der Waals surface area (Å²) < 4.78 is 27.1. The van der Waals surface area contributed by atoms with Crippen LogP contribution in [0.15, 0.2) is 18.2 Å². The number of hydrogen-bond donors (Lipinski definition) is 0. The lowest BCUT2D eigenvalue weighted by Gasteiger charge is -2.01. The Balaban J connectivity index is 0.000000671. The maximum absolute atomic E-state index is 11.5. The standard InChI is InChI=1S/C6H4ClF2NO.C2H6/c7-4-2-1-3-5(10-4)11-6(8)9;1-2/h1-3,6H;1-2H3. The van der Waals surface area contributed by atoms with E-state index in [2.05, 4.69) is 9.72 Å². The lowest BCUT2D eigenvalue weighted by atomic mass is 10.5. The van der Waals surface area contributed by atoms with Crippen LogP contribution in [-0.4, -0.2) is 11.6 Å². The Labute approximate surface area is 80.5 Å². The van der Waals surface area contributed by atoms with Crippen LogP contribution in [0.2, 0.25) is 5.15 Å². The Morgan fingerprint density at radius 1 is 1.38 bits per heavy atom. The summed E-state index contributed by atoms with van der Waals surface area (Å²) >= 11 is 5.39. The first-order valence-corrected chi connectivity index (χ1v) is 4.13. The second kappa shape index (κ2) is 6.60. The van der Waals surface area contributed by atoms with Crippen LogP contribution in [0.4, 0.5) is 8.78 Å². The summed E-state index contributed by atoms with van der Waals surface area (Å²) in [4.78, 5) is 3.48. The minimum Gasteiger partial charge on any atom is -0.417 e. The van der Waals surface area contributed by atoms with Gasteiger partial charge in [0.1, 0.15) is 5.15 Å². The van der Waals surface area contributed by atoms with Crippen LogP contribution in [0.3, 0.4) is 0 Å². The molecule has 0 aliphatic rings. The van der Waals surface area contributed by atoms with Crippen LogP contribution in [0.25, 0.3) is 0 Å². The summed E-state index contributed by atoms with van der Waals surface area (Å²) in [7, 11) is 0. The first kappa shape index (κ1) is 12.1. The second-order valence-electron chi connectivity index (χ2n) is 1.68. The van der Waals surface area contributed by atoms with Crippen molar-refractivity contribution in [1.82, 2.24) is 4.98 Å². The molecule has 0 atom stereocenters. The van der Waals surface area contributed by atoms with Gasteiger partial charge in [0.25, 0.3) is 0 Å². The van der Waals surface area contributed by atoms with Gasteiger partial charge in [0.05, 0.1) is 0 Å². The molecular weight excluding hydrogens is 200 g/mol. The van der Waals surface area contributed by atoms with Crippen molar-refractivity contribution < 1.29 is 13.5 Å². The van der Waals surface area contributed by atoms with Crippen LogP contribution in [-0.2, 0) is 0 Å². The van der Waals surface area contributed by atoms with Gasteiger partial charge in [0, 0.05) is 6.07 Å². The molecule has 2 nitrogen and oxygen atoms in total. The molecule has 74 valence electrons. The molecule has 13 heavy (non-hydrogen) atoms.